The van der Waals surface area contributed by atoms with Gasteiger partial charge >= 0.3 is 0 Å². The van der Waals surface area contributed by atoms with Crippen LogP contribution >= 0.6 is 0 Å². The van der Waals surface area contributed by atoms with Gasteiger partial charge in [0.2, 0.25) is 0 Å². The zero-order chi connectivity index (χ0) is 22.8. The summed E-state index contributed by atoms with van der Waals surface area (Å²) < 4.78 is 24.1. The number of nitrogens with zero attached hydrogens (tertiary/aromatic N) is 1. The molecule has 1 aliphatic heterocycles. The van der Waals surface area contributed by atoms with Gasteiger partial charge < -0.3 is 14.6 Å². The van der Waals surface area contributed by atoms with E-state index in [4.69, 9.17) is 9.47 Å². The molecule has 0 bridgehead atoms. The maximum atomic E-state index is 13.5. The molecule has 32 heavy (non-hydrogen) atoms. The minimum atomic E-state index is -0.973. The maximum absolute atomic E-state index is 13.5. The van der Waals surface area contributed by atoms with Crippen LogP contribution in [0.25, 0.3) is 5.76 Å². The smallest absolute Gasteiger partial charge is 0.300 e. The Kier molecular flexibility index (Phi) is 5.64. The standard InChI is InChI=1S/C25H20FNO5/c1-31-18-13-7-15(8-14-18)23(28)21-22(19-5-3-4-6-20(19)32-2)27(25(30)24(21)29)17-11-9-16(26)10-12-17/h3-14,22,28H,1-2H3/b23-21-. The zero-order valence-electron chi connectivity index (χ0n) is 17.4. The van der Waals surface area contributed by atoms with E-state index in [9.17, 15) is 19.1 Å². The average molecular weight is 433 g/mol. The van der Waals surface area contributed by atoms with Gasteiger partial charge in [-0.2, -0.15) is 0 Å². The summed E-state index contributed by atoms with van der Waals surface area (Å²) in [6, 6.07) is 17.7. The van der Waals surface area contributed by atoms with Gasteiger partial charge in [0, 0.05) is 16.8 Å². The molecule has 1 unspecified atom stereocenters. The van der Waals surface area contributed by atoms with Gasteiger partial charge in [-0.05, 0) is 54.6 Å². The maximum Gasteiger partial charge on any atom is 0.300 e. The lowest BCUT2D eigenvalue weighted by Crippen LogP contribution is -2.29. The molecule has 162 valence electrons. The second kappa shape index (κ2) is 8.55. The molecular weight excluding hydrogens is 413 g/mol. The number of methoxy groups -OCH3 is 2. The van der Waals surface area contributed by atoms with Crippen LogP contribution in [0, 0.1) is 5.82 Å². The summed E-state index contributed by atoms with van der Waals surface area (Å²) in [5.74, 6) is -1.47. The molecule has 0 aliphatic carbocycles. The molecule has 4 rings (SSSR count). The number of Topliss-reactive ketones (excluding diaryl/α,β-unsaturated/α-hetero) is 1. The third-order valence-corrected chi connectivity index (χ3v) is 5.35. The van der Waals surface area contributed by atoms with Crippen molar-refractivity contribution >= 4 is 23.1 Å². The second-order valence-electron chi connectivity index (χ2n) is 7.12. The molecule has 0 aromatic heterocycles. The van der Waals surface area contributed by atoms with E-state index in [-0.39, 0.29) is 11.3 Å². The number of ether oxygens (including phenoxy) is 2. The van der Waals surface area contributed by atoms with E-state index >= 15 is 0 Å². The Morgan fingerprint density at radius 1 is 0.906 bits per heavy atom. The highest BCUT2D eigenvalue weighted by Gasteiger charge is 2.47. The van der Waals surface area contributed by atoms with Crippen molar-refractivity contribution in [1.82, 2.24) is 0 Å². The molecule has 1 amide bonds. The third-order valence-electron chi connectivity index (χ3n) is 5.35. The number of ketones is 1. The Hall–Kier alpha value is -4.13. The van der Waals surface area contributed by atoms with Gasteiger partial charge in [0.05, 0.1) is 25.8 Å². The summed E-state index contributed by atoms with van der Waals surface area (Å²) in [4.78, 5) is 27.5. The Bertz CT molecular complexity index is 1200. The van der Waals surface area contributed by atoms with Crippen LogP contribution in [0.15, 0.2) is 78.4 Å². The molecular formula is C25H20FNO5. The van der Waals surface area contributed by atoms with Crippen LogP contribution in [-0.2, 0) is 9.59 Å². The van der Waals surface area contributed by atoms with Crippen LogP contribution in [0.3, 0.4) is 0 Å². The molecule has 1 saturated heterocycles. The predicted octanol–water partition coefficient (Wildman–Crippen LogP) is 4.47. The first-order valence-corrected chi connectivity index (χ1v) is 9.80. The number of para-hydroxylation sites is 1. The molecule has 3 aromatic rings. The van der Waals surface area contributed by atoms with E-state index in [1.54, 1.807) is 48.5 Å². The largest absolute Gasteiger partial charge is 0.507 e. The summed E-state index contributed by atoms with van der Waals surface area (Å²) in [7, 11) is 3.00. The van der Waals surface area contributed by atoms with Gasteiger partial charge in [0.15, 0.2) is 0 Å². The minimum Gasteiger partial charge on any atom is -0.507 e. The van der Waals surface area contributed by atoms with Crippen LogP contribution in [0.5, 0.6) is 11.5 Å². The molecule has 3 aromatic carbocycles. The first-order valence-electron chi connectivity index (χ1n) is 9.80. The van der Waals surface area contributed by atoms with Crippen molar-refractivity contribution in [2.45, 2.75) is 6.04 Å². The number of halogens is 1. The Morgan fingerprint density at radius 3 is 2.19 bits per heavy atom. The highest BCUT2D eigenvalue weighted by atomic mass is 19.1. The van der Waals surface area contributed by atoms with Crippen molar-refractivity contribution in [2.24, 2.45) is 0 Å². The van der Waals surface area contributed by atoms with Gasteiger partial charge in [-0.3, -0.25) is 14.5 Å². The third kappa shape index (κ3) is 3.58. The average Bonchev–Trinajstić information content (AvgIpc) is 3.09. The number of benzene rings is 3. The zero-order valence-corrected chi connectivity index (χ0v) is 17.4. The van der Waals surface area contributed by atoms with Gasteiger partial charge in [-0.1, -0.05) is 18.2 Å². The predicted molar refractivity (Wildman–Crippen MR) is 117 cm³/mol. The summed E-state index contributed by atoms with van der Waals surface area (Å²) in [5, 5.41) is 11.1. The fourth-order valence-electron chi connectivity index (χ4n) is 3.79. The summed E-state index contributed by atoms with van der Waals surface area (Å²) >= 11 is 0. The van der Waals surface area contributed by atoms with Crippen LogP contribution in [0.1, 0.15) is 17.2 Å². The Balaban J connectivity index is 1.95. The highest BCUT2D eigenvalue weighted by molar-refractivity contribution is 6.51. The van der Waals surface area contributed by atoms with Crippen LogP contribution in [0.4, 0.5) is 10.1 Å². The summed E-state index contributed by atoms with van der Waals surface area (Å²) in [6.07, 6.45) is 0. The number of aliphatic hydroxyl groups is 1. The summed E-state index contributed by atoms with van der Waals surface area (Å²) in [5.41, 5.74) is 1.09. The normalized spacial score (nSPS) is 17.5. The number of amides is 1. The SMILES string of the molecule is COc1ccc(/C(O)=C2/C(=O)C(=O)N(c3ccc(F)cc3)C2c2ccccc2OC)cc1. The Morgan fingerprint density at radius 2 is 1.56 bits per heavy atom. The second-order valence-corrected chi connectivity index (χ2v) is 7.12. The van der Waals surface area contributed by atoms with E-state index in [1.807, 2.05) is 0 Å². The molecule has 1 heterocycles. The van der Waals surface area contributed by atoms with Crippen molar-refractivity contribution in [3.63, 3.8) is 0 Å². The van der Waals surface area contributed by atoms with E-state index in [1.165, 1.54) is 43.4 Å². The molecule has 1 fully saturated rings. The lowest BCUT2D eigenvalue weighted by molar-refractivity contribution is -0.132. The van der Waals surface area contributed by atoms with Crippen molar-refractivity contribution in [3.8, 4) is 11.5 Å². The fraction of sp³-hybridized carbons (Fsp3) is 0.120. The molecule has 7 heteroatoms. The first-order chi connectivity index (χ1) is 15.5. The summed E-state index contributed by atoms with van der Waals surface area (Å²) in [6.45, 7) is 0. The van der Waals surface area contributed by atoms with Gasteiger partial charge in [0.1, 0.15) is 23.1 Å². The van der Waals surface area contributed by atoms with Crippen LogP contribution in [-0.4, -0.2) is 31.0 Å². The molecule has 0 spiro atoms. The number of hydrogen-bond acceptors (Lipinski definition) is 5. The topological polar surface area (TPSA) is 76.1 Å². The van der Waals surface area contributed by atoms with Crippen molar-refractivity contribution < 1.29 is 28.6 Å². The van der Waals surface area contributed by atoms with Crippen LogP contribution in [0.2, 0.25) is 0 Å². The quantitative estimate of drug-likeness (QED) is 0.365. The van der Waals surface area contributed by atoms with E-state index in [0.717, 1.165) is 0 Å². The molecule has 1 aliphatic rings. The van der Waals surface area contributed by atoms with Crippen LogP contribution < -0.4 is 14.4 Å². The van der Waals surface area contributed by atoms with E-state index in [2.05, 4.69) is 0 Å². The molecule has 1 atom stereocenters. The van der Waals surface area contributed by atoms with Gasteiger partial charge in [-0.25, -0.2) is 4.39 Å². The fourth-order valence-corrected chi connectivity index (χ4v) is 3.79. The monoisotopic (exact) mass is 433 g/mol. The lowest BCUT2D eigenvalue weighted by Gasteiger charge is -2.26. The number of carbonyl (C=O) groups excluding carboxylic acids is 2. The minimum absolute atomic E-state index is 0.0889. The molecule has 6 nitrogen and oxygen atoms in total. The van der Waals surface area contributed by atoms with Crippen molar-refractivity contribution in [2.75, 3.05) is 19.1 Å². The van der Waals surface area contributed by atoms with Gasteiger partial charge in [-0.15, -0.1) is 0 Å². The molecule has 0 saturated carbocycles. The molecule has 1 N–H and O–H groups in total. The number of aliphatic hydroxyl groups excluding tert-OH is 1. The van der Waals surface area contributed by atoms with E-state index < -0.39 is 23.5 Å². The first kappa shape index (κ1) is 21.1. The number of hydrogen-bond donors (Lipinski definition) is 1. The Labute approximate surface area is 184 Å². The number of carbonyl (C=O) groups is 2. The van der Waals surface area contributed by atoms with Gasteiger partial charge in [0.25, 0.3) is 11.7 Å². The highest BCUT2D eigenvalue weighted by Crippen LogP contribution is 2.44. The van der Waals surface area contributed by atoms with Crippen molar-refractivity contribution in [1.29, 1.82) is 0 Å². The van der Waals surface area contributed by atoms with E-state index in [0.29, 0.717) is 28.3 Å². The lowest BCUT2D eigenvalue weighted by atomic mass is 9.94. The number of rotatable bonds is 5. The molecule has 0 radical (unpaired) electrons. The number of anilines is 1. The van der Waals surface area contributed by atoms with Crippen molar-refractivity contribution in [3.05, 3.63) is 95.3 Å².